The third-order valence-electron chi connectivity index (χ3n) is 3.32. The van der Waals surface area contributed by atoms with Gasteiger partial charge in [0.15, 0.2) is 5.76 Å². The van der Waals surface area contributed by atoms with Crippen LogP contribution in [0.4, 0.5) is 0 Å². The van der Waals surface area contributed by atoms with E-state index in [0.717, 1.165) is 11.3 Å². The highest BCUT2D eigenvalue weighted by atomic mass is 16.5. The molecule has 1 aromatic carbocycles. The summed E-state index contributed by atoms with van der Waals surface area (Å²) < 4.78 is 10.6. The monoisotopic (exact) mass is 267 g/mol. The Labute approximate surface area is 118 Å². The van der Waals surface area contributed by atoms with Gasteiger partial charge < -0.3 is 8.94 Å². The molecule has 0 radical (unpaired) electrons. The Morgan fingerprint density at radius 1 is 0.950 bits per heavy atom. The van der Waals surface area contributed by atoms with Crippen molar-refractivity contribution in [3.8, 4) is 22.8 Å². The topological polar surface area (TPSA) is 39.2 Å². The van der Waals surface area contributed by atoms with E-state index in [9.17, 15) is 0 Å². The molecule has 0 aliphatic rings. The van der Waals surface area contributed by atoms with Crippen LogP contribution in [0.5, 0.6) is 0 Å². The molecule has 0 unspecified atom stereocenters. The van der Waals surface area contributed by atoms with Crippen LogP contribution in [-0.4, -0.2) is 5.16 Å². The van der Waals surface area contributed by atoms with Crippen molar-refractivity contribution in [2.45, 2.75) is 26.2 Å². The van der Waals surface area contributed by atoms with Crippen molar-refractivity contribution in [2.75, 3.05) is 0 Å². The van der Waals surface area contributed by atoms with Gasteiger partial charge in [-0.1, -0.05) is 50.2 Å². The molecule has 0 amide bonds. The minimum absolute atomic E-state index is 0.154. The van der Waals surface area contributed by atoms with E-state index in [4.69, 9.17) is 8.94 Å². The molecule has 3 aromatic rings. The Balaban J connectivity index is 1.90. The molecule has 20 heavy (non-hydrogen) atoms. The Kier molecular flexibility index (Phi) is 2.97. The van der Waals surface area contributed by atoms with Gasteiger partial charge in [-0.05, 0) is 23.1 Å². The fourth-order valence-electron chi connectivity index (χ4n) is 2.09. The molecule has 102 valence electrons. The number of benzene rings is 1. The zero-order valence-electron chi connectivity index (χ0n) is 11.9. The average Bonchev–Trinajstić information content (AvgIpc) is 3.09. The molecular weight excluding hydrogens is 250 g/mol. The van der Waals surface area contributed by atoms with Crippen LogP contribution in [0.25, 0.3) is 22.8 Å². The van der Waals surface area contributed by atoms with E-state index >= 15 is 0 Å². The predicted molar refractivity (Wildman–Crippen MR) is 78.3 cm³/mol. The summed E-state index contributed by atoms with van der Waals surface area (Å²) in [6.45, 7) is 6.60. The third-order valence-corrected chi connectivity index (χ3v) is 3.32. The molecule has 0 saturated carbocycles. The average molecular weight is 267 g/mol. The minimum atomic E-state index is 0.154. The highest BCUT2D eigenvalue weighted by Crippen LogP contribution is 2.28. The maximum absolute atomic E-state index is 5.32. The zero-order chi connectivity index (χ0) is 14.2. The molecule has 3 rings (SSSR count). The molecule has 0 bridgehead atoms. The fraction of sp³-hybridized carbons (Fsp3) is 0.235. The maximum atomic E-state index is 5.32. The molecule has 3 heteroatoms. The summed E-state index contributed by atoms with van der Waals surface area (Å²) in [4.78, 5) is 0. The SMILES string of the molecule is CC(C)(C)c1ccc(-c2cc(-c3ccco3)on2)cc1. The van der Waals surface area contributed by atoms with Gasteiger partial charge in [-0.15, -0.1) is 0 Å². The Morgan fingerprint density at radius 3 is 2.30 bits per heavy atom. The standard InChI is InChI=1S/C17H17NO2/c1-17(2,3)13-8-6-12(7-9-13)14-11-16(20-18-14)15-5-4-10-19-15/h4-11H,1-3H3. The molecule has 0 fully saturated rings. The first-order chi connectivity index (χ1) is 9.54. The largest absolute Gasteiger partial charge is 0.461 e. The van der Waals surface area contributed by atoms with E-state index in [2.05, 4.69) is 50.2 Å². The first kappa shape index (κ1) is 12.7. The van der Waals surface area contributed by atoms with Gasteiger partial charge in [0, 0.05) is 11.6 Å². The van der Waals surface area contributed by atoms with Crippen molar-refractivity contribution < 1.29 is 8.94 Å². The Bertz CT molecular complexity index is 685. The highest BCUT2D eigenvalue weighted by molar-refractivity contribution is 5.64. The lowest BCUT2D eigenvalue weighted by atomic mass is 9.86. The molecular formula is C17H17NO2. The number of rotatable bonds is 2. The normalized spacial score (nSPS) is 11.8. The summed E-state index contributed by atoms with van der Waals surface area (Å²) in [5.74, 6) is 1.33. The van der Waals surface area contributed by atoms with Crippen molar-refractivity contribution in [3.05, 3.63) is 54.3 Å². The molecule has 0 aliphatic heterocycles. The van der Waals surface area contributed by atoms with Crippen LogP contribution >= 0.6 is 0 Å². The van der Waals surface area contributed by atoms with E-state index in [1.54, 1.807) is 6.26 Å². The minimum Gasteiger partial charge on any atom is -0.461 e. The first-order valence-corrected chi connectivity index (χ1v) is 6.65. The molecule has 0 aliphatic carbocycles. The molecule has 2 aromatic heterocycles. The van der Waals surface area contributed by atoms with Gasteiger partial charge >= 0.3 is 0 Å². The lowest BCUT2D eigenvalue weighted by Crippen LogP contribution is -2.10. The lowest BCUT2D eigenvalue weighted by Gasteiger charge is -2.18. The van der Waals surface area contributed by atoms with Crippen LogP contribution in [0.3, 0.4) is 0 Å². The van der Waals surface area contributed by atoms with Gasteiger partial charge in [0.2, 0.25) is 5.76 Å². The quantitative estimate of drug-likeness (QED) is 0.663. The van der Waals surface area contributed by atoms with Gasteiger partial charge in [-0.3, -0.25) is 0 Å². The van der Waals surface area contributed by atoms with Crippen molar-refractivity contribution in [2.24, 2.45) is 0 Å². The molecule has 0 saturated heterocycles. The predicted octanol–water partition coefficient (Wildman–Crippen LogP) is 4.90. The number of hydrogen-bond acceptors (Lipinski definition) is 3. The number of aromatic nitrogens is 1. The highest BCUT2D eigenvalue weighted by Gasteiger charge is 2.14. The van der Waals surface area contributed by atoms with Gasteiger partial charge in [0.05, 0.1) is 6.26 Å². The zero-order valence-corrected chi connectivity index (χ0v) is 11.9. The number of hydrogen-bond donors (Lipinski definition) is 0. The number of nitrogens with zero attached hydrogens (tertiary/aromatic N) is 1. The van der Waals surface area contributed by atoms with E-state index in [0.29, 0.717) is 11.5 Å². The summed E-state index contributed by atoms with van der Waals surface area (Å²) in [5, 5.41) is 4.10. The van der Waals surface area contributed by atoms with Crippen LogP contribution in [0.1, 0.15) is 26.3 Å². The summed E-state index contributed by atoms with van der Waals surface area (Å²) in [5.41, 5.74) is 3.31. The van der Waals surface area contributed by atoms with Gasteiger partial charge in [-0.2, -0.15) is 0 Å². The Morgan fingerprint density at radius 2 is 1.70 bits per heavy atom. The smallest absolute Gasteiger partial charge is 0.202 e. The molecule has 0 atom stereocenters. The van der Waals surface area contributed by atoms with Crippen LogP contribution < -0.4 is 0 Å². The summed E-state index contributed by atoms with van der Waals surface area (Å²) in [6, 6.07) is 14.0. The third kappa shape index (κ3) is 2.39. The van der Waals surface area contributed by atoms with Gasteiger partial charge in [0.25, 0.3) is 0 Å². The second-order valence-electron chi connectivity index (χ2n) is 5.88. The van der Waals surface area contributed by atoms with E-state index in [1.165, 1.54) is 5.56 Å². The van der Waals surface area contributed by atoms with Crippen molar-refractivity contribution in [3.63, 3.8) is 0 Å². The summed E-state index contributed by atoms with van der Waals surface area (Å²) >= 11 is 0. The lowest BCUT2D eigenvalue weighted by molar-refractivity contribution is 0.420. The van der Waals surface area contributed by atoms with Crippen LogP contribution in [0, 0.1) is 0 Å². The van der Waals surface area contributed by atoms with Crippen molar-refractivity contribution >= 4 is 0 Å². The van der Waals surface area contributed by atoms with E-state index in [1.807, 2.05) is 18.2 Å². The van der Waals surface area contributed by atoms with Crippen LogP contribution in [-0.2, 0) is 5.41 Å². The van der Waals surface area contributed by atoms with Crippen LogP contribution in [0.2, 0.25) is 0 Å². The molecule has 3 nitrogen and oxygen atoms in total. The van der Waals surface area contributed by atoms with Gasteiger partial charge in [-0.25, -0.2) is 0 Å². The second-order valence-corrected chi connectivity index (χ2v) is 5.88. The summed E-state index contributed by atoms with van der Waals surface area (Å²) in [6.07, 6.45) is 1.62. The van der Waals surface area contributed by atoms with Gasteiger partial charge in [0.1, 0.15) is 5.69 Å². The van der Waals surface area contributed by atoms with Crippen molar-refractivity contribution in [1.82, 2.24) is 5.16 Å². The second kappa shape index (κ2) is 4.67. The maximum Gasteiger partial charge on any atom is 0.202 e. The van der Waals surface area contributed by atoms with Crippen molar-refractivity contribution in [1.29, 1.82) is 0 Å². The fourth-order valence-corrected chi connectivity index (χ4v) is 2.09. The molecule has 2 heterocycles. The van der Waals surface area contributed by atoms with E-state index in [-0.39, 0.29) is 5.41 Å². The molecule has 0 spiro atoms. The first-order valence-electron chi connectivity index (χ1n) is 6.65. The Hall–Kier alpha value is -2.29. The van der Waals surface area contributed by atoms with Crippen LogP contribution in [0.15, 0.2) is 57.7 Å². The number of furan rings is 1. The summed E-state index contributed by atoms with van der Waals surface area (Å²) in [7, 11) is 0. The molecule has 0 N–H and O–H groups in total. The van der Waals surface area contributed by atoms with E-state index < -0.39 is 0 Å².